The van der Waals surface area contributed by atoms with E-state index in [9.17, 15) is 0 Å². The molecule has 2 heteroatoms. The van der Waals surface area contributed by atoms with Crippen molar-refractivity contribution in [3.8, 4) is 33.4 Å². The first-order valence-electron chi connectivity index (χ1n) is 22.6. The van der Waals surface area contributed by atoms with Crippen molar-refractivity contribution in [1.82, 2.24) is 0 Å². The van der Waals surface area contributed by atoms with Gasteiger partial charge in [-0.05, 0) is 116 Å². The first kappa shape index (κ1) is 37.4. The quantitative estimate of drug-likeness (QED) is 0.159. The highest BCUT2D eigenvalue weighted by Crippen LogP contribution is 2.58. The molecule has 0 bridgehead atoms. The van der Waals surface area contributed by atoms with Crippen LogP contribution < -0.4 is 4.90 Å². The third kappa shape index (κ3) is 5.41. The average molecular weight is 830 g/mol. The number of fused-ring (bicyclic) bond motifs is 9. The van der Waals surface area contributed by atoms with E-state index < -0.39 is 5.41 Å². The zero-order chi connectivity index (χ0) is 43.1. The highest BCUT2D eigenvalue weighted by molar-refractivity contribution is 6.08. The van der Waals surface area contributed by atoms with E-state index in [2.05, 4.69) is 254 Å². The number of para-hydroxylation sites is 1. The van der Waals surface area contributed by atoms with E-state index >= 15 is 0 Å². The van der Waals surface area contributed by atoms with Crippen molar-refractivity contribution >= 4 is 39.0 Å². The number of anilines is 3. The Bertz CT molecular complexity index is 3520. The number of furan rings is 1. The lowest BCUT2D eigenvalue weighted by atomic mass is 9.67. The standard InChI is InChI=1S/C63H43NO/c1-62(55-28-14-11-24-49(55)50-25-12-15-29-56(50)62)58-31-17-27-53-54-40-47(37-39-60(54)65-61(53)58)64(46-34-32-43(33-35-46)42-18-5-2-6-19-42)48-36-38-52-51-26-13-16-30-57(51)63(59(52)41-48,44-20-7-3-8-21-44)45-22-9-4-10-23-45/h2-41H,1H3. The second-order valence-electron chi connectivity index (χ2n) is 17.7. The smallest absolute Gasteiger partial charge is 0.139 e. The topological polar surface area (TPSA) is 16.4 Å². The predicted octanol–water partition coefficient (Wildman–Crippen LogP) is 16.4. The van der Waals surface area contributed by atoms with Crippen molar-refractivity contribution in [1.29, 1.82) is 0 Å². The van der Waals surface area contributed by atoms with E-state index in [1.165, 1.54) is 72.3 Å². The van der Waals surface area contributed by atoms with E-state index in [0.29, 0.717) is 0 Å². The minimum atomic E-state index is -0.526. The maximum Gasteiger partial charge on any atom is 0.139 e. The molecule has 0 N–H and O–H groups in total. The summed E-state index contributed by atoms with van der Waals surface area (Å²) in [5, 5.41) is 2.20. The summed E-state index contributed by atoms with van der Waals surface area (Å²) < 4.78 is 7.01. The maximum absolute atomic E-state index is 7.01. The van der Waals surface area contributed by atoms with Gasteiger partial charge in [-0.2, -0.15) is 0 Å². The summed E-state index contributed by atoms with van der Waals surface area (Å²) in [5.41, 5.74) is 20.4. The van der Waals surface area contributed by atoms with Crippen LogP contribution in [-0.4, -0.2) is 0 Å². The number of rotatable bonds is 7. The Morgan fingerprint density at radius 2 is 0.815 bits per heavy atom. The summed E-state index contributed by atoms with van der Waals surface area (Å²) in [6.45, 7) is 2.36. The molecule has 65 heavy (non-hydrogen) atoms. The van der Waals surface area contributed by atoms with Gasteiger partial charge >= 0.3 is 0 Å². The molecule has 1 aromatic heterocycles. The van der Waals surface area contributed by atoms with Crippen molar-refractivity contribution in [3.05, 3.63) is 282 Å². The predicted molar refractivity (Wildman–Crippen MR) is 269 cm³/mol. The van der Waals surface area contributed by atoms with Crippen LogP contribution in [0.25, 0.3) is 55.3 Å². The van der Waals surface area contributed by atoms with E-state index in [1.54, 1.807) is 0 Å². The van der Waals surface area contributed by atoms with Gasteiger partial charge in [-0.25, -0.2) is 0 Å². The first-order valence-corrected chi connectivity index (χ1v) is 22.6. The van der Waals surface area contributed by atoms with Crippen LogP contribution in [0.4, 0.5) is 17.1 Å². The van der Waals surface area contributed by atoms with E-state index in [-0.39, 0.29) is 5.41 Å². The molecular weight excluding hydrogens is 787 g/mol. The summed E-state index contributed by atoms with van der Waals surface area (Å²) in [6, 6.07) is 88.9. The number of hydrogen-bond acceptors (Lipinski definition) is 2. The number of benzene rings is 10. The summed E-state index contributed by atoms with van der Waals surface area (Å²) in [4.78, 5) is 2.42. The fourth-order valence-corrected chi connectivity index (χ4v) is 11.5. The molecule has 0 amide bonds. The highest BCUT2D eigenvalue weighted by Gasteiger charge is 2.46. The molecule has 2 nitrogen and oxygen atoms in total. The molecule has 0 saturated heterocycles. The maximum atomic E-state index is 7.01. The van der Waals surface area contributed by atoms with Gasteiger partial charge in [-0.3, -0.25) is 0 Å². The Hall–Kier alpha value is -8.20. The Balaban J connectivity index is 1.03. The summed E-state index contributed by atoms with van der Waals surface area (Å²) >= 11 is 0. The van der Waals surface area contributed by atoms with Crippen LogP contribution in [0.2, 0.25) is 0 Å². The van der Waals surface area contributed by atoms with Gasteiger partial charge in [0.05, 0.1) is 5.41 Å². The molecule has 0 radical (unpaired) electrons. The monoisotopic (exact) mass is 829 g/mol. The van der Waals surface area contributed by atoms with Crippen LogP contribution in [0.5, 0.6) is 0 Å². The van der Waals surface area contributed by atoms with Gasteiger partial charge in [0.1, 0.15) is 11.2 Å². The van der Waals surface area contributed by atoms with Gasteiger partial charge in [0.15, 0.2) is 0 Å². The molecule has 0 spiro atoms. The lowest BCUT2D eigenvalue weighted by molar-refractivity contribution is 0.638. The Kier molecular flexibility index (Phi) is 8.29. The van der Waals surface area contributed by atoms with Gasteiger partial charge in [-0.15, -0.1) is 0 Å². The lowest BCUT2D eigenvalue weighted by Crippen LogP contribution is -2.28. The Morgan fingerprint density at radius 3 is 1.46 bits per heavy atom. The van der Waals surface area contributed by atoms with Crippen LogP contribution in [-0.2, 0) is 10.8 Å². The molecule has 2 aliphatic carbocycles. The zero-order valence-corrected chi connectivity index (χ0v) is 35.9. The van der Waals surface area contributed by atoms with Crippen LogP contribution >= 0.6 is 0 Å². The Labute approximate surface area is 379 Å². The average Bonchev–Trinajstić information content (AvgIpc) is 3.99. The summed E-state index contributed by atoms with van der Waals surface area (Å²) in [5.74, 6) is 0. The molecule has 13 rings (SSSR count). The van der Waals surface area contributed by atoms with Crippen LogP contribution in [0, 0.1) is 0 Å². The van der Waals surface area contributed by atoms with E-state index in [1.807, 2.05) is 0 Å². The number of nitrogens with zero attached hydrogens (tertiary/aromatic N) is 1. The lowest BCUT2D eigenvalue weighted by Gasteiger charge is -2.35. The van der Waals surface area contributed by atoms with Crippen molar-refractivity contribution < 1.29 is 4.42 Å². The zero-order valence-electron chi connectivity index (χ0n) is 35.9. The third-order valence-corrected chi connectivity index (χ3v) is 14.4. The number of hydrogen-bond donors (Lipinski definition) is 0. The molecule has 2 aliphatic rings. The summed E-state index contributed by atoms with van der Waals surface area (Å²) in [7, 11) is 0. The van der Waals surface area contributed by atoms with Gasteiger partial charge in [0.2, 0.25) is 0 Å². The molecule has 10 aromatic carbocycles. The van der Waals surface area contributed by atoms with Gasteiger partial charge in [0, 0.05) is 38.8 Å². The van der Waals surface area contributed by atoms with Crippen LogP contribution in [0.1, 0.15) is 45.9 Å². The normalized spacial score (nSPS) is 13.9. The fourth-order valence-electron chi connectivity index (χ4n) is 11.5. The van der Waals surface area contributed by atoms with E-state index in [0.717, 1.165) is 39.0 Å². The van der Waals surface area contributed by atoms with Crippen LogP contribution in [0.3, 0.4) is 0 Å². The largest absolute Gasteiger partial charge is 0.456 e. The van der Waals surface area contributed by atoms with E-state index in [4.69, 9.17) is 4.42 Å². The first-order chi connectivity index (χ1) is 32.1. The summed E-state index contributed by atoms with van der Waals surface area (Å²) in [6.07, 6.45) is 0. The van der Waals surface area contributed by atoms with Gasteiger partial charge < -0.3 is 9.32 Å². The molecule has 306 valence electrons. The van der Waals surface area contributed by atoms with Crippen molar-refractivity contribution in [3.63, 3.8) is 0 Å². The van der Waals surface area contributed by atoms with Crippen molar-refractivity contribution in [2.45, 2.75) is 17.8 Å². The second-order valence-corrected chi connectivity index (χ2v) is 17.7. The molecular formula is C63H43NO. The molecule has 0 fully saturated rings. The fraction of sp³-hybridized carbons (Fsp3) is 0.0476. The van der Waals surface area contributed by atoms with Crippen molar-refractivity contribution in [2.24, 2.45) is 0 Å². The molecule has 0 saturated carbocycles. The Morgan fingerprint density at radius 1 is 0.338 bits per heavy atom. The highest BCUT2D eigenvalue weighted by atomic mass is 16.3. The third-order valence-electron chi connectivity index (χ3n) is 14.4. The van der Waals surface area contributed by atoms with Gasteiger partial charge in [-0.1, -0.05) is 200 Å². The molecule has 1 heterocycles. The van der Waals surface area contributed by atoms with Gasteiger partial charge in [0.25, 0.3) is 0 Å². The SMILES string of the molecule is CC1(c2cccc3c2oc2ccc(N(c4ccc(-c5ccccc5)cc4)c4ccc5c(c4)C(c4ccccc4)(c4ccccc4)c4ccccc4-5)cc23)c2ccccc2-c2ccccc21. The minimum Gasteiger partial charge on any atom is -0.456 e. The molecule has 0 unspecified atom stereocenters. The molecule has 0 atom stereocenters. The minimum absolute atomic E-state index is 0.387. The molecule has 0 aliphatic heterocycles. The molecule has 11 aromatic rings. The second kappa shape index (κ2) is 14.4. The van der Waals surface area contributed by atoms with Crippen molar-refractivity contribution in [2.75, 3.05) is 4.90 Å². The van der Waals surface area contributed by atoms with Crippen LogP contribution in [0.15, 0.2) is 247 Å².